The molecule has 0 saturated carbocycles. The van der Waals surface area contributed by atoms with Crippen molar-refractivity contribution < 1.29 is 28.8 Å². The number of benzene rings is 1. The zero-order valence-electron chi connectivity index (χ0n) is 15.2. The van der Waals surface area contributed by atoms with E-state index in [-0.39, 0.29) is 22.7 Å². The quantitative estimate of drug-likeness (QED) is 0.429. The fraction of sp³-hybridized carbons (Fsp3) is 0.471. The molecule has 1 aliphatic heterocycles. The lowest BCUT2D eigenvalue weighted by Gasteiger charge is -2.31. The highest BCUT2D eigenvalue weighted by Gasteiger charge is 2.26. The second-order valence-corrected chi connectivity index (χ2v) is 6.46. The van der Waals surface area contributed by atoms with Crippen LogP contribution in [0.15, 0.2) is 18.2 Å². The van der Waals surface area contributed by atoms with E-state index in [1.165, 1.54) is 6.07 Å². The maximum absolute atomic E-state index is 12.1. The lowest BCUT2D eigenvalue weighted by atomic mass is 10.1. The molecule has 1 N–H and O–H groups in total. The molecule has 1 aromatic rings. The van der Waals surface area contributed by atoms with Gasteiger partial charge in [-0.2, -0.15) is 0 Å². The Labute approximate surface area is 165 Å². The standard InChI is InChI=1S/C17H20ClN3O7/c1-2-27-17(24)20-7-5-12(6-8-20)19-15(22)10-28-16(23)13-9-11(18)3-4-14(13)21(25)26/h3-4,9,12H,2,5-8,10H2,1H3,(H,19,22). The molecular weight excluding hydrogens is 394 g/mol. The number of nitrogens with one attached hydrogen (secondary N) is 1. The molecule has 1 fully saturated rings. The summed E-state index contributed by atoms with van der Waals surface area (Å²) in [5.74, 6) is -1.55. The van der Waals surface area contributed by atoms with Crippen LogP contribution in [-0.4, -0.2) is 60.1 Å². The van der Waals surface area contributed by atoms with Gasteiger partial charge in [-0.25, -0.2) is 9.59 Å². The summed E-state index contributed by atoms with van der Waals surface area (Å²) in [7, 11) is 0. The number of hydrogen-bond donors (Lipinski definition) is 1. The van der Waals surface area contributed by atoms with Crippen LogP contribution in [0.5, 0.6) is 0 Å². The average molecular weight is 414 g/mol. The predicted molar refractivity (Wildman–Crippen MR) is 98.1 cm³/mol. The molecule has 28 heavy (non-hydrogen) atoms. The average Bonchev–Trinajstić information content (AvgIpc) is 2.66. The van der Waals surface area contributed by atoms with Gasteiger partial charge in [0.05, 0.1) is 11.5 Å². The molecule has 0 aliphatic carbocycles. The van der Waals surface area contributed by atoms with Crippen LogP contribution in [0.25, 0.3) is 0 Å². The molecule has 1 aromatic carbocycles. The van der Waals surface area contributed by atoms with Crippen molar-refractivity contribution in [3.8, 4) is 0 Å². The Kier molecular flexibility index (Phi) is 7.56. The molecule has 2 amide bonds. The van der Waals surface area contributed by atoms with E-state index in [1.54, 1.807) is 11.8 Å². The first-order valence-electron chi connectivity index (χ1n) is 8.64. The van der Waals surface area contributed by atoms with Crippen LogP contribution in [0, 0.1) is 10.1 Å². The van der Waals surface area contributed by atoms with E-state index in [9.17, 15) is 24.5 Å². The number of carbonyl (C=O) groups is 3. The Hall–Kier alpha value is -2.88. The van der Waals surface area contributed by atoms with Gasteiger partial charge in [-0.1, -0.05) is 11.6 Å². The summed E-state index contributed by atoms with van der Waals surface area (Å²) < 4.78 is 9.79. The summed E-state index contributed by atoms with van der Waals surface area (Å²) in [6, 6.07) is 3.32. The van der Waals surface area contributed by atoms with Crippen LogP contribution in [0.3, 0.4) is 0 Å². The third kappa shape index (κ3) is 5.81. The molecule has 0 atom stereocenters. The maximum Gasteiger partial charge on any atom is 0.409 e. The molecule has 152 valence electrons. The molecule has 0 spiro atoms. The molecule has 2 rings (SSSR count). The topological polar surface area (TPSA) is 128 Å². The lowest BCUT2D eigenvalue weighted by Crippen LogP contribution is -2.47. The zero-order chi connectivity index (χ0) is 20.7. The third-order valence-electron chi connectivity index (χ3n) is 4.10. The summed E-state index contributed by atoms with van der Waals surface area (Å²) in [5.41, 5.74) is -0.783. The fourth-order valence-electron chi connectivity index (χ4n) is 2.73. The first-order valence-corrected chi connectivity index (χ1v) is 9.01. The monoisotopic (exact) mass is 413 g/mol. The number of carbonyl (C=O) groups excluding carboxylic acids is 3. The first kappa shape index (κ1) is 21.4. The smallest absolute Gasteiger partial charge is 0.409 e. The minimum atomic E-state index is -1.01. The van der Waals surface area contributed by atoms with Crippen molar-refractivity contribution in [2.75, 3.05) is 26.3 Å². The van der Waals surface area contributed by atoms with Crippen LogP contribution in [-0.2, 0) is 14.3 Å². The largest absolute Gasteiger partial charge is 0.452 e. The van der Waals surface area contributed by atoms with Gasteiger partial charge < -0.3 is 19.7 Å². The van der Waals surface area contributed by atoms with Crippen molar-refractivity contribution in [1.29, 1.82) is 0 Å². The van der Waals surface area contributed by atoms with E-state index in [0.29, 0.717) is 32.5 Å². The molecule has 11 heteroatoms. The van der Waals surface area contributed by atoms with Crippen LogP contribution < -0.4 is 5.32 Å². The minimum Gasteiger partial charge on any atom is -0.452 e. The van der Waals surface area contributed by atoms with E-state index in [0.717, 1.165) is 12.1 Å². The number of nitro benzene ring substituents is 1. The second-order valence-electron chi connectivity index (χ2n) is 6.02. The van der Waals surface area contributed by atoms with Gasteiger partial charge in [0.15, 0.2) is 6.61 Å². The summed E-state index contributed by atoms with van der Waals surface area (Å²) in [6.45, 7) is 2.33. The Morgan fingerprint density at radius 1 is 1.29 bits per heavy atom. The van der Waals surface area contributed by atoms with Crippen molar-refractivity contribution in [1.82, 2.24) is 10.2 Å². The van der Waals surface area contributed by atoms with Gasteiger partial charge in [-0.05, 0) is 31.9 Å². The Balaban J connectivity index is 1.82. The molecule has 0 aromatic heterocycles. The van der Waals surface area contributed by atoms with Crippen LogP contribution in [0.4, 0.5) is 10.5 Å². The molecule has 1 heterocycles. The highest BCUT2D eigenvalue weighted by atomic mass is 35.5. The number of halogens is 1. The summed E-state index contributed by atoms with van der Waals surface area (Å²) in [6.07, 6.45) is 0.695. The Morgan fingerprint density at radius 3 is 2.57 bits per heavy atom. The lowest BCUT2D eigenvalue weighted by molar-refractivity contribution is -0.385. The van der Waals surface area contributed by atoms with E-state index in [4.69, 9.17) is 21.1 Å². The number of esters is 1. The van der Waals surface area contributed by atoms with Gasteiger partial charge in [-0.3, -0.25) is 14.9 Å². The van der Waals surface area contributed by atoms with Gasteiger partial charge in [0, 0.05) is 30.2 Å². The number of nitro groups is 1. The van der Waals surface area contributed by atoms with Crippen molar-refractivity contribution in [2.24, 2.45) is 0 Å². The first-order chi connectivity index (χ1) is 13.3. The molecule has 10 nitrogen and oxygen atoms in total. The van der Waals surface area contributed by atoms with Crippen molar-refractivity contribution in [3.05, 3.63) is 38.9 Å². The van der Waals surface area contributed by atoms with Crippen molar-refractivity contribution in [2.45, 2.75) is 25.8 Å². The van der Waals surface area contributed by atoms with Crippen LogP contribution in [0.1, 0.15) is 30.1 Å². The number of amides is 2. The van der Waals surface area contributed by atoms with Gasteiger partial charge in [0.1, 0.15) is 5.56 Å². The molecule has 0 unspecified atom stereocenters. The summed E-state index contributed by atoms with van der Waals surface area (Å²) in [4.78, 5) is 47.5. The van der Waals surface area contributed by atoms with Gasteiger partial charge in [-0.15, -0.1) is 0 Å². The highest BCUT2D eigenvalue weighted by molar-refractivity contribution is 6.31. The van der Waals surface area contributed by atoms with E-state index < -0.39 is 29.1 Å². The fourth-order valence-corrected chi connectivity index (χ4v) is 2.90. The van der Waals surface area contributed by atoms with Crippen molar-refractivity contribution >= 4 is 35.3 Å². The Bertz CT molecular complexity index is 763. The van der Waals surface area contributed by atoms with Gasteiger partial charge in [0.25, 0.3) is 11.6 Å². The number of piperidine rings is 1. The molecule has 1 saturated heterocycles. The number of ether oxygens (including phenoxy) is 2. The number of nitrogens with zero attached hydrogens (tertiary/aromatic N) is 2. The Morgan fingerprint density at radius 2 is 1.96 bits per heavy atom. The zero-order valence-corrected chi connectivity index (χ0v) is 15.9. The molecule has 1 aliphatic rings. The second kappa shape index (κ2) is 9.88. The number of likely N-dealkylation sites (tertiary alicyclic amines) is 1. The van der Waals surface area contributed by atoms with Gasteiger partial charge >= 0.3 is 12.1 Å². The normalized spacial score (nSPS) is 14.3. The van der Waals surface area contributed by atoms with E-state index in [1.807, 2.05) is 0 Å². The third-order valence-corrected chi connectivity index (χ3v) is 4.33. The van der Waals surface area contributed by atoms with Gasteiger partial charge in [0.2, 0.25) is 0 Å². The molecular formula is C17H20ClN3O7. The summed E-state index contributed by atoms with van der Waals surface area (Å²) in [5, 5.41) is 13.8. The highest BCUT2D eigenvalue weighted by Crippen LogP contribution is 2.23. The van der Waals surface area contributed by atoms with Crippen LogP contribution >= 0.6 is 11.6 Å². The van der Waals surface area contributed by atoms with E-state index in [2.05, 4.69) is 5.32 Å². The van der Waals surface area contributed by atoms with E-state index >= 15 is 0 Å². The number of rotatable bonds is 6. The van der Waals surface area contributed by atoms with Crippen LogP contribution in [0.2, 0.25) is 5.02 Å². The SMILES string of the molecule is CCOC(=O)N1CCC(NC(=O)COC(=O)c2cc(Cl)ccc2[N+](=O)[O-])CC1. The maximum atomic E-state index is 12.1. The number of hydrogen-bond acceptors (Lipinski definition) is 7. The van der Waals surface area contributed by atoms with Crippen molar-refractivity contribution in [3.63, 3.8) is 0 Å². The molecule has 0 bridgehead atoms. The predicted octanol–water partition coefficient (Wildman–Crippen LogP) is 2.14. The molecule has 0 radical (unpaired) electrons. The summed E-state index contributed by atoms with van der Waals surface area (Å²) >= 11 is 5.76. The minimum absolute atomic E-state index is 0.135.